The molecule has 15 heavy (non-hydrogen) atoms. The Morgan fingerprint density at radius 2 is 1.93 bits per heavy atom. The van der Waals surface area contributed by atoms with E-state index < -0.39 is 0 Å². The normalized spacial score (nSPS) is 12.7. The summed E-state index contributed by atoms with van der Waals surface area (Å²) in [5, 5.41) is 9.94. The lowest BCUT2D eigenvalue weighted by Crippen LogP contribution is -2.03. The van der Waals surface area contributed by atoms with Gasteiger partial charge >= 0.3 is 0 Å². The first-order valence-electron chi connectivity index (χ1n) is 4.52. The minimum atomic E-state index is -0.0494. The number of nitrogens with zero attached hydrogens (tertiary/aromatic N) is 2. The first-order valence-corrected chi connectivity index (χ1v) is 6.12. The second-order valence-corrected chi connectivity index (χ2v) is 5.17. The van der Waals surface area contributed by atoms with Crippen molar-refractivity contribution in [3.63, 3.8) is 0 Å². The molecular weight excluding hydrogens is 274 g/mol. The summed E-state index contributed by atoms with van der Waals surface area (Å²) in [7, 11) is 0. The molecule has 3 nitrogen and oxygen atoms in total. The van der Waals surface area contributed by atoms with Gasteiger partial charge in [0.2, 0.25) is 0 Å². The zero-order valence-corrected chi connectivity index (χ0v) is 10.5. The highest BCUT2D eigenvalue weighted by Gasteiger charge is 2.09. The predicted octanol–water partition coefficient (Wildman–Crippen LogP) is 2.99. The van der Waals surface area contributed by atoms with E-state index in [1.807, 2.05) is 31.2 Å². The molecule has 2 N–H and O–H groups in total. The number of hydrogen-bond donors (Lipinski definition) is 1. The van der Waals surface area contributed by atoms with E-state index in [9.17, 15) is 0 Å². The zero-order valence-electron chi connectivity index (χ0n) is 8.14. The minimum absolute atomic E-state index is 0.0494. The van der Waals surface area contributed by atoms with E-state index >= 15 is 0 Å². The van der Waals surface area contributed by atoms with Gasteiger partial charge in [-0.15, -0.1) is 10.2 Å². The molecule has 1 aromatic heterocycles. The molecule has 1 unspecified atom stereocenters. The van der Waals surface area contributed by atoms with Crippen molar-refractivity contribution in [3.05, 3.63) is 33.7 Å². The highest BCUT2D eigenvalue weighted by molar-refractivity contribution is 9.10. The summed E-state index contributed by atoms with van der Waals surface area (Å²) in [6, 6.07) is 7.95. The number of rotatable bonds is 2. The third-order valence-electron chi connectivity index (χ3n) is 1.92. The van der Waals surface area contributed by atoms with Gasteiger partial charge < -0.3 is 5.73 Å². The van der Waals surface area contributed by atoms with E-state index in [1.165, 1.54) is 11.3 Å². The zero-order chi connectivity index (χ0) is 10.8. The van der Waals surface area contributed by atoms with Gasteiger partial charge in [-0.05, 0) is 19.1 Å². The second kappa shape index (κ2) is 4.38. The monoisotopic (exact) mass is 283 g/mol. The fourth-order valence-electron chi connectivity index (χ4n) is 1.13. The fraction of sp³-hybridized carbons (Fsp3) is 0.200. The molecular formula is C10H10BrN3S. The summed E-state index contributed by atoms with van der Waals surface area (Å²) >= 11 is 4.93. The first kappa shape index (κ1) is 10.7. The molecule has 1 heterocycles. The van der Waals surface area contributed by atoms with Gasteiger partial charge in [0.1, 0.15) is 10.0 Å². The summed E-state index contributed by atoms with van der Waals surface area (Å²) in [6.07, 6.45) is 0. The van der Waals surface area contributed by atoms with Gasteiger partial charge in [-0.1, -0.05) is 39.4 Å². The van der Waals surface area contributed by atoms with Crippen molar-refractivity contribution < 1.29 is 0 Å². The van der Waals surface area contributed by atoms with Gasteiger partial charge in [0, 0.05) is 10.0 Å². The van der Waals surface area contributed by atoms with Gasteiger partial charge in [-0.3, -0.25) is 0 Å². The smallest absolute Gasteiger partial charge is 0.147 e. The van der Waals surface area contributed by atoms with Gasteiger partial charge in [0.25, 0.3) is 0 Å². The van der Waals surface area contributed by atoms with E-state index in [4.69, 9.17) is 5.73 Å². The maximum Gasteiger partial charge on any atom is 0.147 e. The second-order valence-electron chi connectivity index (χ2n) is 3.24. The molecule has 0 radical (unpaired) electrons. The first-order chi connectivity index (χ1) is 7.16. The molecule has 0 aliphatic heterocycles. The Hall–Kier alpha value is -0.780. The Labute approximate surface area is 100 Å². The largest absolute Gasteiger partial charge is 0.322 e. The van der Waals surface area contributed by atoms with E-state index in [-0.39, 0.29) is 6.04 Å². The summed E-state index contributed by atoms with van der Waals surface area (Å²) in [5.41, 5.74) is 6.80. The molecule has 0 bridgehead atoms. The maximum absolute atomic E-state index is 5.73. The SMILES string of the molecule is CC(N)c1nnc(-c2ccc(Br)cc2)s1. The molecule has 1 atom stereocenters. The van der Waals surface area contributed by atoms with Crippen LogP contribution in [0.25, 0.3) is 10.6 Å². The fourth-order valence-corrected chi connectivity index (χ4v) is 2.19. The third kappa shape index (κ3) is 2.42. The molecule has 0 saturated heterocycles. The van der Waals surface area contributed by atoms with E-state index in [2.05, 4.69) is 26.1 Å². The molecule has 0 aliphatic rings. The number of aromatic nitrogens is 2. The Kier molecular flexibility index (Phi) is 3.14. The van der Waals surface area contributed by atoms with Crippen molar-refractivity contribution in [1.29, 1.82) is 0 Å². The summed E-state index contributed by atoms with van der Waals surface area (Å²) in [4.78, 5) is 0. The molecule has 0 spiro atoms. The lowest BCUT2D eigenvalue weighted by atomic mass is 10.2. The standard InChI is InChI=1S/C10H10BrN3S/c1-6(12)9-13-14-10(15-9)7-2-4-8(11)5-3-7/h2-6H,12H2,1H3. The number of halogens is 1. The quantitative estimate of drug-likeness (QED) is 0.922. The van der Waals surface area contributed by atoms with Crippen LogP contribution in [0.1, 0.15) is 18.0 Å². The van der Waals surface area contributed by atoms with Crippen molar-refractivity contribution in [3.8, 4) is 10.6 Å². The van der Waals surface area contributed by atoms with Crippen LogP contribution in [0.3, 0.4) is 0 Å². The van der Waals surface area contributed by atoms with E-state index in [0.29, 0.717) is 0 Å². The van der Waals surface area contributed by atoms with Crippen molar-refractivity contribution >= 4 is 27.3 Å². The average Bonchev–Trinajstić information content (AvgIpc) is 2.68. The van der Waals surface area contributed by atoms with Crippen LogP contribution in [0.15, 0.2) is 28.7 Å². The van der Waals surface area contributed by atoms with Crippen LogP contribution in [-0.2, 0) is 0 Å². The van der Waals surface area contributed by atoms with Crippen LogP contribution in [0.4, 0.5) is 0 Å². The summed E-state index contributed by atoms with van der Waals surface area (Å²) in [6.45, 7) is 1.91. The van der Waals surface area contributed by atoms with Gasteiger partial charge in [-0.25, -0.2) is 0 Å². The highest BCUT2D eigenvalue weighted by Crippen LogP contribution is 2.26. The number of nitrogens with two attached hydrogens (primary N) is 1. The summed E-state index contributed by atoms with van der Waals surface area (Å²) < 4.78 is 1.06. The van der Waals surface area contributed by atoms with E-state index in [1.54, 1.807) is 0 Å². The van der Waals surface area contributed by atoms with E-state index in [0.717, 1.165) is 20.1 Å². The van der Waals surface area contributed by atoms with Crippen LogP contribution in [0, 0.1) is 0 Å². The van der Waals surface area contributed by atoms with Crippen LogP contribution in [0.5, 0.6) is 0 Å². The number of hydrogen-bond acceptors (Lipinski definition) is 4. The van der Waals surface area contributed by atoms with Crippen LogP contribution in [0.2, 0.25) is 0 Å². The van der Waals surface area contributed by atoms with Crippen LogP contribution in [-0.4, -0.2) is 10.2 Å². The Balaban J connectivity index is 2.33. The van der Waals surface area contributed by atoms with Crippen LogP contribution < -0.4 is 5.73 Å². The van der Waals surface area contributed by atoms with Gasteiger partial charge in [0.05, 0.1) is 6.04 Å². The lowest BCUT2D eigenvalue weighted by molar-refractivity contribution is 0.786. The third-order valence-corrected chi connectivity index (χ3v) is 3.62. The van der Waals surface area contributed by atoms with Crippen molar-refractivity contribution in [2.75, 3.05) is 0 Å². The maximum atomic E-state index is 5.73. The molecule has 0 saturated carbocycles. The average molecular weight is 284 g/mol. The number of benzene rings is 1. The molecule has 5 heteroatoms. The van der Waals surface area contributed by atoms with Crippen molar-refractivity contribution in [1.82, 2.24) is 10.2 Å². The Morgan fingerprint density at radius 1 is 1.27 bits per heavy atom. The summed E-state index contributed by atoms with van der Waals surface area (Å²) in [5.74, 6) is 0. The molecule has 78 valence electrons. The highest BCUT2D eigenvalue weighted by atomic mass is 79.9. The van der Waals surface area contributed by atoms with Gasteiger partial charge in [0.15, 0.2) is 0 Å². The molecule has 0 aliphatic carbocycles. The Bertz CT molecular complexity index is 450. The Morgan fingerprint density at radius 3 is 2.47 bits per heavy atom. The topological polar surface area (TPSA) is 51.8 Å². The minimum Gasteiger partial charge on any atom is -0.322 e. The van der Waals surface area contributed by atoms with Gasteiger partial charge in [-0.2, -0.15) is 0 Å². The molecule has 2 aromatic rings. The van der Waals surface area contributed by atoms with Crippen molar-refractivity contribution in [2.24, 2.45) is 5.73 Å². The predicted molar refractivity (Wildman–Crippen MR) is 65.6 cm³/mol. The van der Waals surface area contributed by atoms with Crippen LogP contribution >= 0.6 is 27.3 Å². The van der Waals surface area contributed by atoms with Crippen molar-refractivity contribution in [2.45, 2.75) is 13.0 Å². The molecule has 0 fully saturated rings. The lowest BCUT2D eigenvalue weighted by Gasteiger charge is -1.96. The molecule has 2 rings (SSSR count). The molecule has 0 amide bonds. The molecule has 1 aromatic carbocycles.